The largest absolute Gasteiger partial charge is 0.493 e. The second kappa shape index (κ2) is 8.78. The summed E-state index contributed by atoms with van der Waals surface area (Å²) >= 11 is 0.806. The van der Waals surface area contributed by atoms with E-state index in [-0.39, 0.29) is 17.2 Å². The molecule has 1 aliphatic rings. The van der Waals surface area contributed by atoms with E-state index in [2.05, 4.69) is 0 Å². The molecule has 0 saturated carbocycles. The van der Waals surface area contributed by atoms with E-state index in [1.807, 2.05) is 0 Å². The average molecular weight is 417 g/mol. The molecule has 0 unspecified atom stereocenters. The number of imide groups is 1. The summed E-state index contributed by atoms with van der Waals surface area (Å²) in [4.78, 5) is 36.8. The molecule has 2 amide bonds. The van der Waals surface area contributed by atoms with Gasteiger partial charge in [0, 0.05) is 0 Å². The molecule has 1 saturated heterocycles. The highest BCUT2D eigenvalue weighted by atomic mass is 32.2. The maximum Gasteiger partial charge on any atom is 0.341 e. The number of halogens is 1. The molecular weight excluding hydrogens is 401 g/mol. The van der Waals surface area contributed by atoms with E-state index in [1.165, 1.54) is 37.4 Å². The molecule has 0 aromatic heterocycles. The molecule has 3 rings (SSSR count). The fraction of sp³-hybridized carbons (Fsp3) is 0.150. The van der Waals surface area contributed by atoms with Crippen molar-refractivity contribution in [2.75, 3.05) is 13.7 Å². The van der Waals surface area contributed by atoms with Crippen LogP contribution in [0.15, 0.2) is 47.4 Å². The van der Waals surface area contributed by atoms with Gasteiger partial charge in [0.2, 0.25) is 0 Å². The van der Waals surface area contributed by atoms with Crippen LogP contribution in [0.4, 0.5) is 9.18 Å². The van der Waals surface area contributed by atoms with E-state index in [0.29, 0.717) is 16.9 Å². The Morgan fingerprint density at radius 1 is 1.17 bits per heavy atom. The van der Waals surface area contributed by atoms with Gasteiger partial charge in [-0.15, -0.1) is 0 Å². The Kier molecular flexibility index (Phi) is 6.18. The standard InChI is InChI=1S/C20H16FNO6S/c1-27-16-8-13(4-7-15(16)28-11-18(23)24)9-17-19(25)22(20(26)29-17)10-12-2-5-14(21)6-3-12/h2-9H,10-11H2,1H3,(H,23,24)/b17-9+. The Morgan fingerprint density at radius 2 is 1.90 bits per heavy atom. The van der Waals surface area contributed by atoms with Gasteiger partial charge in [0.25, 0.3) is 11.1 Å². The van der Waals surface area contributed by atoms with Gasteiger partial charge < -0.3 is 14.6 Å². The second-order valence-corrected chi connectivity index (χ2v) is 6.98. The highest BCUT2D eigenvalue weighted by Gasteiger charge is 2.35. The van der Waals surface area contributed by atoms with Gasteiger partial charge in [0.1, 0.15) is 5.82 Å². The van der Waals surface area contributed by atoms with Gasteiger partial charge in [-0.1, -0.05) is 18.2 Å². The molecule has 2 aromatic rings. The van der Waals surface area contributed by atoms with Crippen LogP contribution in [0.3, 0.4) is 0 Å². The van der Waals surface area contributed by atoms with E-state index in [0.717, 1.165) is 16.7 Å². The lowest BCUT2D eigenvalue weighted by Gasteiger charge is -2.12. The predicted molar refractivity (Wildman–Crippen MR) is 104 cm³/mol. The third-order valence-electron chi connectivity index (χ3n) is 3.96. The lowest BCUT2D eigenvalue weighted by atomic mass is 10.1. The second-order valence-electron chi connectivity index (χ2n) is 5.99. The number of thioether (sulfide) groups is 1. The molecule has 0 atom stereocenters. The zero-order valence-electron chi connectivity index (χ0n) is 15.3. The Bertz CT molecular complexity index is 989. The highest BCUT2D eigenvalue weighted by Crippen LogP contribution is 2.35. The number of amides is 2. The fourth-order valence-corrected chi connectivity index (χ4v) is 3.43. The summed E-state index contributed by atoms with van der Waals surface area (Å²) in [5.41, 5.74) is 1.22. The summed E-state index contributed by atoms with van der Waals surface area (Å²) in [5, 5.41) is 8.29. The van der Waals surface area contributed by atoms with Crippen molar-refractivity contribution in [1.29, 1.82) is 0 Å². The normalized spacial score (nSPS) is 15.1. The van der Waals surface area contributed by atoms with Crippen molar-refractivity contribution in [2.24, 2.45) is 0 Å². The Morgan fingerprint density at radius 3 is 2.55 bits per heavy atom. The van der Waals surface area contributed by atoms with E-state index in [1.54, 1.807) is 18.2 Å². The van der Waals surface area contributed by atoms with Crippen LogP contribution in [0.1, 0.15) is 11.1 Å². The van der Waals surface area contributed by atoms with Crippen LogP contribution in [0.25, 0.3) is 6.08 Å². The van der Waals surface area contributed by atoms with E-state index >= 15 is 0 Å². The van der Waals surface area contributed by atoms with Crippen LogP contribution < -0.4 is 9.47 Å². The summed E-state index contributed by atoms with van der Waals surface area (Å²) in [6.45, 7) is -0.467. The van der Waals surface area contributed by atoms with Crippen molar-refractivity contribution in [3.63, 3.8) is 0 Å². The maximum absolute atomic E-state index is 13.0. The molecule has 0 bridgehead atoms. The molecule has 9 heteroatoms. The lowest BCUT2D eigenvalue weighted by Crippen LogP contribution is -2.27. The number of carbonyl (C=O) groups is 3. The van der Waals surface area contributed by atoms with Crippen molar-refractivity contribution in [1.82, 2.24) is 4.90 Å². The minimum Gasteiger partial charge on any atom is -0.493 e. The van der Waals surface area contributed by atoms with Crippen LogP contribution >= 0.6 is 11.8 Å². The number of carboxylic acid groups (broad SMARTS) is 1. The van der Waals surface area contributed by atoms with Crippen LogP contribution in [0.2, 0.25) is 0 Å². The Labute approximate surface area is 169 Å². The smallest absolute Gasteiger partial charge is 0.341 e. The SMILES string of the molecule is COc1cc(/C=C2/SC(=O)N(Cc3ccc(F)cc3)C2=O)ccc1OCC(=O)O. The molecule has 0 aliphatic carbocycles. The number of ether oxygens (including phenoxy) is 2. The first-order valence-corrected chi connectivity index (χ1v) is 9.21. The Balaban J connectivity index is 1.78. The number of aliphatic carboxylic acids is 1. The number of rotatable bonds is 7. The molecule has 150 valence electrons. The molecule has 0 radical (unpaired) electrons. The van der Waals surface area contributed by atoms with Gasteiger partial charge in [-0.05, 0) is 53.2 Å². The molecule has 2 aromatic carbocycles. The van der Waals surface area contributed by atoms with Crippen LogP contribution in [-0.2, 0) is 16.1 Å². The van der Waals surface area contributed by atoms with Gasteiger partial charge in [-0.25, -0.2) is 9.18 Å². The van der Waals surface area contributed by atoms with E-state index in [4.69, 9.17) is 14.6 Å². The first-order valence-electron chi connectivity index (χ1n) is 8.40. The summed E-state index contributed by atoms with van der Waals surface area (Å²) < 4.78 is 23.4. The van der Waals surface area contributed by atoms with Crippen LogP contribution in [-0.4, -0.2) is 40.8 Å². The predicted octanol–water partition coefficient (Wildman–Crippen LogP) is 3.53. The first kappa shape index (κ1) is 20.4. The number of carbonyl (C=O) groups excluding carboxylic acids is 2. The van der Waals surface area contributed by atoms with Gasteiger partial charge in [-0.2, -0.15) is 0 Å². The molecule has 7 nitrogen and oxygen atoms in total. The molecule has 1 aliphatic heterocycles. The van der Waals surface area contributed by atoms with Crippen LogP contribution in [0, 0.1) is 5.82 Å². The van der Waals surface area contributed by atoms with Crippen LogP contribution in [0.5, 0.6) is 11.5 Å². The maximum atomic E-state index is 13.0. The highest BCUT2D eigenvalue weighted by molar-refractivity contribution is 8.18. The monoisotopic (exact) mass is 417 g/mol. The van der Waals surface area contributed by atoms with Crippen molar-refractivity contribution < 1.29 is 33.4 Å². The molecule has 1 fully saturated rings. The third-order valence-corrected chi connectivity index (χ3v) is 4.87. The van der Waals surface area contributed by atoms with Crippen molar-refractivity contribution >= 4 is 35.0 Å². The minimum absolute atomic E-state index is 0.0492. The number of hydrogen-bond donors (Lipinski definition) is 1. The molecule has 29 heavy (non-hydrogen) atoms. The molecule has 1 heterocycles. The molecular formula is C20H16FNO6S. The number of carboxylic acids is 1. The zero-order valence-corrected chi connectivity index (χ0v) is 16.1. The first-order chi connectivity index (χ1) is 13.9. The lowest BCUT2D eigenvalue weighted by molar-refractivity contribution is -0.139. The number of hydrogen-bond acceptors (Lipinski definition) is 6. The summed E-state index contributed by atoms with van der Waals surface area (Å²) in [6, 6.07) is 10.3. The number of nitrogens with zero attached hydrogens (tertiary/aromatic N) is 1. The van der Waals surface area contributed by atoms with Gasteiger partial charge in [-0.3, -0.25) is 14.5 Å². The van der Waals surface area contributed by atoms with Crippen molar-refractivity contribution in [3.8, 4) is 11.5 Å². The zero-order chi connectivity index (χ0) is 21.0. The summed E-state index contributed by atoms with van der Waals surface area (Å²) in [6.07, 6.45) is 1.54. The number of methoxy groups -OCH3 is 1. The van der Waals surface area contributed by atoms with Gasteiger partial charge in [0.05, 0.1) is 18.6 Å². The Hall–Kier alpha value is -3.33. The number of benzene rings is 2. The third kappa shape index (κ3) is 4.94. The van der Waals surface area contributed by atoms with E-state index < -0.39 is 29.5 Å². The topological polar surface area (TPSA) is 93.1 Å². The quantitative estimate of drug-likeness (QED) is 0.689. The van der Waals surface area contributed by atoms with Gasteiger partial charge in [0.15, 0.2) is 18.1 Å². The summed E-state index contributed by atoms with van der Waals surface area (Å²) in [7, 11) is 1.41. The fourth-order valence-electron chi connectivity index (χ4n) is 2.59. The van der Waals surface area contributed by atoms with Crippen molar-refractivity contribution in [3.05, 3.63) is 64.3 Å². The summed E-state index contributed by atoms with van der Waals surface area (Å²) in [5.74, 6) is -1.42. The van der Waals surface area contributed by atoms with E-state index in [9.17, 15) is 18.8 Å². The minimum atomic E-state index is -1.12. The average Bonchev–Trinajstić information content (AvgIpc) is 2.95. The molecule has 0 spiro atoms. The van der Waals surface area contributed by atoms with Crippen molar-refractivity contribution in [2.45, 2.75) is 6.54 Å². The van der Waals surface area contributed by atoms with Gasteiger partial charge >= 0.3 is 5.97 Å². The molecule has 1 N–H and O–H groups in total.